The molecule has 3 nitrogen and oxygen atoms in total. The molecule has 0 bridgehead atoms. The fourth-order valence-corrected chi connectivity index (χ4v) is 2.28. The molecule has 1 aromatic heterocycles. The Morgan fingerprint density at radius 3 is 3.06 bits per heavy atom. The molecule has 0 aromatic carbocycles. The van der Waals surface area contributed by atoms with E-state index in [9.17, 15) is 0 Å². The van der Waals surface area contributed by atoms with E-state index in [2.05, 4.69) is 32.9 Å². The quantitative estimate of drug-likeness (QED) is 0.853. The summed E-state index contributed by atoms with van der Waals surface area (Å²) >= 11 is 3.46. The molecular formula is C12H17BrN2O. The molecule has 1 aromatic rings. The van der Waals surface area contributed by atoms with Gasteiger partial charge in [-0.3, -0.25) is 4.98 Å². The molecule has 2 heterocycles. The van der Waals surface area contributed by atoms with Gasteiger partial charge in [0.1, 0.15) is 12.4 Å². The lowest BCUT2D eigenvalue weighted by atomic mass is 10.2. The van der Waals surface area contributed by atoms with Crippen molar-refractivity contribution >= 4 is 15.9 Å². The molecule has 16 heavy (non-hydrogen) atoms. The zero-order valence-corrected chi connectivity index (χ0v) is 11.3. The van der Waals surface area contributed by atoms with Crippen molar-refractivity contribution in [2.24, 2.45) is 0 Å². The third-order valence-corrected chi connectivity index (χ3v) is 3.92. The van der Waals surface area contributed by atoms with Crippen molar-refractivity contribution in [3.05, 3.63) is 22.4 Å². The van der Waals surface area contributed by atoms with Crippen LogP contribution in [-0.4, -0.2) is 36.1 Å². The second-order valence-electron chi connectivity index (χ2n) is 4.33. The Morgan fingerprint density at radius 1 is 1.62 bits per heavy atom. The zero-order valence-electron chi connectivity index (χ0n) is 9.74. The molecule has 0 saturated carbocycles. The van der Waals surface area contributed by atoms with Gasteiger partial charge >= 0.3 is 0 Å². The smallest absolute Gasteiger partial charge is 0.138 e. The van der Waals surface area contributed by atoms with Gasteiger partial charge in [-0.1, -0.05) is 0 Å². The second-order valence-corrected chi connectivity index (χ2v) is 5.18. The highest BCUT2D eigenvalue weighted by atomic mass is 79.9. The Hall–Kier alpha value is -0.610. The lowest BCUT2D eigenvalue weighted by molar-refractivity contribution is 0.197. The highest BCUT2D eigenvalue weighted by molar-refractivity contribution is 9.10. The number of likely N-dealkylation sites (N-methyl/N-ethyl adjacent to an activating group) is 1. The van der Waals surface area contributed by atoms with Gasteiger partial charge in [0.25, 0.3) is 0 Å². The van der Waals surface area contributed by atoms with Gasteiger partial charge in [0.2, 0.25) is 0 Å². The maximum Gasteiger partial charge on any atom is 0.138 e. The van der Waals surface area contributed by atoms with Crippen molar-refractivity contribution in [3.63, 3.8) is 0 Å². The predicted molar refractivity (Wildman–Crippen MR) is 67.8 cm³/mol. The molecule has 4 heteroatoms. The van der Waals surface area contributed by atoms with E-state index in [4.69, 9.17) is 4.74 Å². The van der Waals surface area contributed by atoms with Crippen molar-refractivity contribution in [2.45, 2.75) is 25.8 Å². The molecule has 0 aliphatic carbocycles. The van der Waals surface area contributed by atoms with Crippen LogP contribution in [0.25, 0.3) is 0 Å². The van der Waals surface area contributed by atoms with E-state index in [1.54, 1.807) is 6.20 Å². The summed E-state index contributed by atoms with van der Waals surface area (Å²) in [5, 5.41) is 0. The molecule has 0 unspecified atom stereocenters. The van der Waals surface area contributed by atoms with Crippen LogP contribution in [0.2, 0.25) is 0 Å². The first-order valence-electron chi connectivity index (χ1n) is 5.62. The lowest BCUT2D eigenvalue weighted by Gasteiger charge is -2.19. The van der Waals surface area contributed by atoms with E-state index in [-0.39, 0.29) is 0 Å². The van der Waals surface area contributed by atoms with Crippen LogP contribution >= 0.6 is 15.9 Å². The van der Waals surface area contributed by atoms with E-state index in [1.807, 2.05) is 13.0 Å². The van der Waals surface area contributed by atoms with Crippen LogP contribution in [0.5, 0.6) is 5.75 Å². The Bertz CT molecular complexity index is 370. The van der Waals surface area contributed by atoms with Gasteiger partial charge in [-0.25, -0.2) is 0 Å². The number of hydrogen-bond acceptors (Lipinski definition) is 3. The largest absolute Gasteiger partial charge is 0.490 e. The van der Waals surface area contributed by atoms with Crippen LogP contribution in [0.1, 0.15) is 18.5 Å². The van der Waals surface area contributed by atoms with E-state index < -0.39 is 0 Å². The SMILES string of the molecule is Cc1ncc(OC[C@@H]2CCCN2C)cc1Br. The van der Waals surface area contributed by atoms with Crippen molar-refractivity contribution in [2.75, 3.05) is 20.2 Å². The summed E-state index contributed by atoms with van der Waals surface area (Å²) in [7, 11) is 2.16. The summed E-state index contributed by atoms with van der Waals surface area (Å²) in [4.78, 5) is 6.62. The summed E-state index contributed by atoms with van der Waals surface area (Å²) in [5.41, 5.74) is 0.991. The van der Waals surface area contributed by atoms with Crippen LogP contribution < -0.4 is 4.74 Å². The average molecular weight is 285 g/mol. The maximum atomic E-state index is 5.76. The molecule has 1 atom stereocenters. The first-order valence-corrected chi connectivity index (χ1v) is 6.41. The van der Waals surface area contributed by atoms with Gasteiger partial charge in [0.05, 0.1) is 11.9 Å². The molecule has 88 valence electrons. The average Bonchev–Trinajstić information content (AvgIpc) is 2.66. The highest BCUT2D eigenvalue weighted by Crippen LogP contribution is 2.21. The second kappa shape index (κ2) is 5.15. The first-order chi connectivity index (χ1) is 7.66. The molecule has 0 radical (unpaired) electrons. The minimum absolute atomic E-state index is 0.556. The highest BCUT2D eigenvalue weighted by Gasteiger charge is 2.21. The van der Waals surface area contributed by atoms with E-state index in [0.29, 0.717) is 6.04 Å². The Labute approximate surface area is 105 Å². The first kappa shape index (κ1) is 11.9. The van der Waals surface area contributed by atoms with Gasteiger partial charge in [-0.2, -0.15) is 0 Å². The topological polar surface area (TPSA) is 25.4 Å². The van der Waals surface area contributed by atoms with E-state index in [0.717, 1.165) is 22.5 Å². The van der Waals surface area contributed by atoms with Crippen LogP contribution in [0.4, 0.5) is 0 Å². The molecule has 0 spiro atoms. The molecule has 0 N–H and O–H groups in total. The molecule has 2 rings (SSSR count). The van der Waals surface area contributed by atoms with Crippen molar-refractivity contribution in [1.29, 1.82) is 0 Å². The molecule has 1 saturated heterocycles. The number of halogens is 1. The van der Waals surface area contributed by atoms with Crippen LogP contribution in [0.15, 0.2) is 16.7 Å². The summed E-state index contributed by atoms with van der Waals surface area (Å²) in [6.07, 6.45) is 4.30. The van der Waals surface area contributed by atoms with Gasteiger partial charge < -0.3 is 9.64 Å². The third-order valence-electron chi connectivity index (χ3n) is 3.11. The van der Waals surface area contributed by atoms with E-state index in [1.165, 1.54) is 19.4 Å². The summed E-state index contributed by atoms with van der Waals surface area (Å²) in [6, 6.07) is 2.54. The van der Waals surface area contributed by atoms with Crippen molar-refractivity contribution in [3.8, 4) is 5.75 Å². The van der Waals surface area contributed by atoms with Gasteiger partial charge in [-0.05, 0) is 55.4 Å². The third kappa shape index (κ3) is 2.74. The molecule has 1 fully saturated rings. The molecule has 1 aliphatic heterocycles. The van der Waals surface area contributed by atoms with Crippen LogP contribution in [0.3, 0.4) is 0 Å². The summed E-state index contributed by atoms with van der Waals surface area (Å²) in [5.74, 6) is 0.845. The summed E-state index contributed by atoms with van der Waals surface area (Å²) in [6.45, 7) is 3.91. The number of nitrogens with zero attached hydrogens (tertiary/aromatic N) is 2. The number of likely N-dealkylation sites (tertiary alicyclic amines) is 1. The van der Waals surface area contributed by atoms with Crippen molar-refractivity contribution in [1.82, 2.24) is 9.88 Å². The molecule has 0 amide bonds. The Balaban J connectivity index is 1.91. The fraction of sp³-hybridized carbons (Fsp3) is 0.583. The number of pyridine rings is 1. The standard InChI is InChI=1S/C12H17BrN2O/c1-9-12(13)6-11(7-14-9)16-8-10-4-3-5-15(10)2/h6-7,10H,3-5,8H2,1-2H3/t10-/m0/s1. The van der Waals surface area contributed by atoms with Gasteiger partial charge in [0.15, 0.2) is 0 Å². The number of aromatic nitrogens is 1. The zero-order chi connectivity index (χ0) is 11.5. The normalized spacial score (nSPS) is 21.3. The predicted octanol–water partition coefficient (Wildman–Crippen LogP) is 2.63. The monoisotopic (exact) mass is 284 g/mol. The number of aryl methyl sites for hydroxylation is 1. The fourth-order valence-electron chi connectivity index (χ4n) is 1.95. The van der Waals surface area contributed by atoms with Crippen LogP contribution in [0, 0.1) is 6.92 Å². The number of hydrogen-bond donors (Lipinski definition) is 0. The van der Waals surface area contributed by atoms with Crippen LogP contribution in [-0.2, 0) is 0 Å². The number of ether oxygens (including phenoxy) is 1. The maximum absolute atomic E-state index is 5.76. The van der Waals surface area contributed by atoms with Gasteiger partial charge in [-0.15, -0.1) is 0 Å². The minimum atomic E-state index is 0.556. The Morgan fingerprint density at radius 2 is 2.44 bits per heavy atom. The molecule has 1 aliphatic rings. The van der Waals surface area contributed by atoms with E-state index >= 15 is 0 Å². The van der Waals surface area contributed by atoms with Gasteiger partial charge in [0, 0.05) is 10.5 Å². The Kier molecular flexibility index (Phi) is 3.82. The summed E-state index contributed by atoms with van der Waals surface area (Å²) < 4.78 is 6.77. The number of rotatable bonds is 3. The minimum Gasteiger partial charge on any atom is -0.490 e. The lowest BCUT2D eigenvalue weighted by Crippen LogP contribution is -2.30. The van der Waals surface area contributed by atoms with Crippen molar-refractivity contribution < 1.29 is 4.74 Å². The molecular weight excluding hydrogens is 268 g/mol.